The molecule has 2 fully saturated rings. The summed E-state index contributed by atoms with van der Waals surface area (Å²) in [4.78, 5) is 19.7. The molecule has 1 aromatic heterocycles. The van der Waals surface area contributed by atoms with Crippen molar-refractivity contribution >= 4 is 16.8 Å². The molecule has 1 aliphatic carbocycles. The van der Waals surface area contributed by atoms with Crippen LogP contribution in [0.5, 0.6) is 5.75 Å². The minimum Gasteiger partial charge on any atom is -0.496 e. The van der Waals surface area contributed by atoms with Crippen molar-refractivity contribution in [1.29, 1.82) is 0 Å². The van der Waals surface area contributed by atoms with Crippen molar-refractivity contribution in [3.05, 3.63) is 64.8 Å². The minimum atomic E-state index is -2.55. The van der Waals surface area contributed by atoms with Crippen LogP contribution in [-0.2, 0) is 6.54 Å². The SMILES string of the molecule is COc1cc(C)c2[nH]ccc2c1CN1CCC2(C[C@@H]1c1ccc(C(=O)N(C)C)cc1)CC(F)(F)C2. The molecule has 5 nitrogen and oxygen atoms in total. The molecule has 1 amide bonds. The molecule has 2 heterocycles. The Morgan fingerprint density at radius 2 is 1.91 bits per heavy atom. The standard InChI is InChI=1S/C28H33F2N3O2/c1-18-13-24(35-4)22(21-9-11-31-25(18)21)15-33-12-10-27(16-28(29,30)17-27)14-23(33)19-5-7-20(8-6-19)26(34)32(2)3/h5-9,11,13,23,31H,10,12,14-17H2,1-4H3/t23-/m1/s1. The first-order chi connectivity index (χ1) is 16.6. The lowest BCUT2D eigenvalue weighted by molar-refractivity contribution is -0.186. The average molecular weight is 482 g/mol. The van der Waals surface area contributed by atoms with E-state index in [0.717, 1.165) is 46.3 Å². The van der Waals surface area contributed by atoms with Gasteiger partial charge in [0.05, 0.1) is 7.11 Å². The third kappa shape index (κ3) is 4.31. The van der Waals surface area contributed by atoms with E-state index >= 15 is 0 Å². The number of carbonyl (C=O) groups is 1. The molecule has 1 saturated heterocycles. The molecule has 0 radical (unpaired) electrons. The van der Waals surface area contributed by atoms with Gasteiger partial charge in [0.2, 0.25) is 5.92 Å². The summed E-state index contributed by atoms with van der Waals surface area (Å²) in [5.74, 6) is -1.76. The van der Waals surface area contributed by atoms with Gasteiger partial charge < -0.3 is 14.6 Å². The minimum absolute atomic E-state index is 0.0108. The fourth-order valence-corrected chi connectivity index (χ4v) is 6.15. The maximum Gasteiger partial charge on any atom is 0.253 e. The van der Waals surface area contributed by atoms with Gasteiger partial charge in [-0.2, -0.15) is 0 Å². The monoisotopic (exact) mass is 481 g/mol. The zero-order valence-electron chi connectivity index (χ0n) is 20.8. The second-order valence-corrected chi connectivity index (χ2v) is 10.6. The predicted molar refractivity (Wildman–Crippen MR) is 133 cm³/mol. The molecule has 186 valence electrons. The number of halogens is 2. The average Bonchev–Trinajstić information content (AvgIpc) is 3.31. The lowest BCUT2D eigenvalue weighted by atomic mass is 9.59. The molecule has 1 N–H and O–H groups in total. The Balaban J connectivity index is 1.49. The predicted octanol–water partition coefficient (Wildman–Crippen LogP) is 5.94. The number of ether oxygens (including phenoxy) is 1. The highest BCUT2D eigenvalue weighted by Crippen LogP contribution is 2.60. The number of aryl methyl sites for hydroxylation is 1. The molecular formula is C28H33F2N3O2. The molecule has 0 bridgehead atoms. The number of fused-ring (bicyclic) bond motifs is 1. The van der Waals surface area contributed by atoms with Gasteiger partial charge in [0, 0.05) is 67.8 Å². The Kier molecular flexibility index (Phi) is 5.86. The first-order valence-corrected chi connectivity index (χ1v) is 12.2. The molecule has 1 atom stereocenters. The van der Waals surface area contributed by atoms with Crippen molar-refractivity contribution < 1.29 is 18.3 Å². The van der Waals surface area contributed by atoms with Crippen molar-refractivity contribution in [3.63, 3.8) is 0 Å². The molecule has 2 aromatic carbocycles. The van der Waals surface area contributed by atoms with E-state index < -0.39 is 5.92 Å². The van der Waals surface area contributed by atoms with Crippen LogP contribution in [0.15, 0.2) is 42.6 Å². The van der Waals surface area contributed by atoms with Gasteiger partial charge in [0.1, 0.15) is 5.75 Å². The van der Waals surface area contributed by atoms with E-state index in [0.29, 0.717) is 18.5 Å². The second-order valence-electron chi connectivity index (χ2n) is 10.6. The molecule has 7 heteroatoms. The number of methoxy groups -OCH3 is 1. The summed E-state index contributed by atoms with van der Waals surface area (Å²) in [5.41, 5.74) is 4.69. The highest BCUT2D eigenvalue weighted by molar-refractivity contribution is 5.93. The molecule has 0 unspecified atom stereocenters. The van der Waals surface area contributed by atoms with Crippen LogP contribution in [-0.4, -0.2) is 54.4 Å². The molecule has 2 aliphatic rings. The highest BCUT2D eigenvalue weighted by atomic mass is 19.3. The summed E-state index contributed by atoms with van der Waals surface area (Å²) in [7, 11) is 5.16. The number of benzene rings is 2. The van der Waals surface area contributed by atoms with E-state index in [2.05, 4.69) is 28.9 Å². The Labute approximate surface area is 205 Å². The van der Waals surface area contributed by atoms with E-state index in [1.807, 2.05) is 30.5 Å². The summed E-state index contributed by atoms with van der Waals surface area (Å²) in [6, 6.07) is 11.8. The third-order valence-electron chi connectivity index (χ3n) is 7.90. The topological polar surface area (TPSA) is 48.6 Å². The van der Waals surface area contributed by atoms with Crippen LogP contribution in [0, 0.1) is 12.3 Å². The van der Waals surface area contributed by atoms with E-state index in [9.17, 15) is 13.6 Å². The van der Waals surface area contributed by atoms with Gasteiger partial charge in [-0.05, 0) is 67.1 Å². The van der Waals surface area contributed by atoms with E-state index in [1.54, 1.807) is 26.1 Å². The molecule has 1 aliphatic heterocycles. The van der Waals surface area contributed by atoms with Gasteiger partial charge in [0.25, 0.3) is 5.91 Å². The molecule has 1 saturated carbocycles. The van der Waals surface area contributed by atoms with Crippen LogP contribution in [0.1, 0.15) is 58.8 Å². The van der Waals surface area contributed by atoms with Gasteiger partial charge in [-0.15, -0.1) is 0 Å². The molecule has 35 heavy (non-hydrogen) atoms. The number of piperidine rings is 1. The van der Waals surface area contributed by atoms with Crippen LogP contribution in [0.2, 0.25) is 0 Å². The van der Waals surface area contributed by atoms with Crippen molar-refractivity contribution in [2.75, 3.05) is 27.7 Å². The zero-order chi connectivity index (χ0) is 25.0. The molecule has 5 rings (SSSR count). The van der Waals surface area contributed by atoms with E-state index in [1.165, 1.54) is 0 Å². The van der Waals surface area contributed by atoms with Crippen LogP contribution in [0.3, 0.4) is 0 Å². The first kappa shape index (κ1) is 23.8. The fourth-order valence-electron chi connectivity index (χ4n) is 6.15. The Bertz CT molecular complexity index is 1240. The third-order valence-corrected chi connectivity index (χ3v) is 7.90. The Morgan fingerprint density at radius 1 is 1.20 bits per heavy atom. The number of rotatable bonds is 5. The number of aromatic amines is 1. The van der Waals surface area contributed by atoms with Crippen molar-refractivity contribution in [2.24, 2.45) is 5.41 Å². The van der Waals surface area contributed by atoms with Crippen LogP contribution in [0.4, 0.5) is 8.78 Å². The van der Waals surface area contributed by atoms with Crippen LogP contribution < -0.4 is 4.74 Å². The van der Waals surface area contributed by atoms with Gasteiger partial charge in [0.15, 0.2) is 0 Å². The maximum atomic E-state index is 14.0. The smallest absolute Gasteiger partial charge is 0.253 e. The number of likely N-dealkylation sites (tertiary alicyclic amines) is 1. The summed E-state index contributed by atoms with van der Waals surface area (Å²) in [5, 5.41) is 1.13. The zero-order valence-corrected chi connectivity index (χ0v) is 20.8. The molecule has 3 aromatic rings. The van der Waals surface area contributed by atoms with Gasteiger partial charge >= 0.3 is 0 Å². The second kappa shape index (κ2) is 8.63. The quantitative estimate of drug-likeness (QED) is 0.491. The number of hydrogen-bond donors (Lipinski definition) is 1. The van der Waals surface area contributed by atoms with Crippen molar-refractivity contribution in [1.82, 2.24) is 14.8 Å². The number of hydrogen-bond acceptors (Lipinski definition) is 3. The number of nitrogens with zero attached hydrogens (tertiary/aromatic N) is 2. The van der Waals surface area contributed by atoms with Crippen molar-refractivity contribution in [2.45, 2.75) is 51.1 Å². The number of alkyl halides is 2. The van der Waals surface area contributed by atoms with Crippen LogP contribution in [0.25, 0.3) is 10.9 Å². The fraction of sp³-hybridized carbons (Fsp3) is 0.464. The van der Waals surface area contributed by atoms with Gasteiger partial charge in [-0.1, -0.05) is 12.1 Å². The van der Waals surface area contributed by atoms with Gasteiger partial charge in [-0.3, -0.25) is 9.69 Å². The number of carbonyl (C=O) groups excluding carboxylic acids is 1. The normalized spacial score (nSPS) is 21.1. The molecule has 1 spiro atoms. The van der Waals surface area contributed by atoms with E-state index in [-0.39, 0.29) is 30.2 Å². The lowest BCUT2D eigenvalue weighted by Crippen LogP contribution is -2.53. The maximum absolute atomic E-state index is 14.0. The Hall–Kier alpha value is -2.93. The highest BCUT2D eigenvalue weighted by Gasteiger charge is 2.58. The van der Waals surface area contributed by atoms with Crippen molar-refractivity contribution in [3.8, 4) is 5.75 Å². The summed E-state index contributed by atoms with van der Waals surface area (Å²) in [6.07, 6.45) is 3.34. The molecular weight excluding hydrogens is 448 g/mol. The van der Waals surface area contributed by atoms with Gasteiger partial charge in [-0.25, -0.2) is 8.78 Å². The number of nitrogens with one attached hydrogen (secondary N) is 1. The number of H-pyrrole nitrogens is 1. The number of aromatic nitrogens is 1. The lowest BCUT2D eigenvalue weighted by Gasteiger charge is -2.54. The Morgan fingerprint density at radius 3 is 2.54 bits per heavy atom. The summed E-state index contributed by atoms with van der Waals surface area (Å²) in [6.45, 7) is 3.46. The van der Waals surface area contributed by atoms with E-state index in [4.69, 9.17) is 4.74 Å². The summed E-state index contributed by atoms with van der Waals surface area (Å²) < 4.78 is 33.7. The largest absolute Gasteiger partial charge is 0.496 e. The summed E-state index contributed by atoms with van der Waals surface area (Å²) >= 11 is 0. The number of amides is 1. The first-order valence-electron chi connectivity index (χ1n) is 12.2. The van der Waals surface area contributed by atoms with Crippen LogP contribution >= 0.6 is 0 Å².